The quantitative estimate of drug-likeness (QED) is 0.264. The van der Waals surface area contributed by atoms with Crippen LogP contribution in [0.3, 0.4) is 0 Å². The molecule has 1 aliphatic carbocycles. The zero-order chi connectivity index (χ0) is 25.9. The molecule has 37 heavy (non-hydrogen) atoms. The molecule has 2 aliphatic rings. The van der Waals surface area contributed by atoms with Gasteiger partial charge >= 0.3 is 5.97 Å². The number of amides is 2. The fourth-order valence-corrected chi connectivity index (χ4v) is 5.31. The van der Waals surface area contributed by atoms with Crippen molar-refractivity contribution in [3.63, 3.8) is 0 Å². The second-order valence-electron chi connectivity index (χ2n) is 9.42. The van der Waals surface area contributed by atoms with Gasteiger partial charge in [-0.05, 0) is 73.2 Å². The van der Waals surface area contributed by atoms with E-state index in [2.05, 4.69) is 12.1 Å². The number of methoxy groups -OCH3 is 1. The second kappa shape index (κ2) is 10.4. The number of hydrogen-bond donors (Lipinski definition) is 0. The summed E-state index contributed by atoms with van der Waals surface area (Å²) in [6, 6.07) is 22.8. The molecule has 3 aromatic carbocycles. The van der Waals surface area contributed by atoms with E-state index >= 15 is 0 Å². The van der Waals surface area contributed by atoms with E-state index in [1.165, 1.54) is 29.7 Å². The van der Waals surface area contributed by atoms with Crippen molar-refractivity contribution in [2.75, 3.05) is 18.6 Å². The number of esters is 1. The van der Waals surface area contributed by atoms with Crippen molar-refractivity contribution in [2.45, 2.75) is 25.2 Å². The smallest absolute Gasteiger partial charge is 0.338 e. The Morgan fingerprint density at radius 1 is 0.838 bits per heavy atom. The number of carbonyl (C=O) groups excluding carboxylic acids is 4. The van der Waals surface area contributed by atoms with Gasteiger partial charge in [-0.15, -0.1) is 0 Å². The minimum atomic E-state index is -0.704. The van der Waals surface area contributed by atoms with Gasteiger partial charge in [-0.1, -0.05) is 36.4 Å². The average Bonchev–Trinajstić information content (AvgIpc) is 3.20. The number of nitrogens with zero attached hydrogens (tertiary/aromatic N) is 1. The fraction of sp³-hybridized carbons (Fsp3) is 0.267. The second-order valence-corrected chi connectivity index (χ2v) is 9.42. The van der Waals surface area contributed by atoms with E-state index in [1.807, 2.05) is 18.2 Å². The van der Waals surface area contributed by atoms with Crippen molar-refractivity contribution < 1.29 is 28.7 Å². The first-order chi connectivity index (χ1) is 18.0. The number of carbonyl (C=O) groups is 4. The van der Waals surface area contributed by atoms with Crippen molar-refractivity contribution in [2.24, 2.45) is 11.8 Å². The van der Waals surface area contributed by atoms with Crippen molar-refractivity contribution in [3.05, 3.63) is 95.6 Å². The largest absolute Gasteiger partial charge is 0.497 e. The molecule has 0 radical (unpaired) electrons. The van der Waals surface area contributed by atoms with Gasteiger partial charge in [-0.25, -0.2) is 4.79 Å². The number of hydrogen-bond acceptors (Lipinski definition) is 6. The summed E-state index contributed by atoms with van der Waals surface area (Å²) in [5.74, 6) is -1.36. The summed E-state index contributed by atoms with van der Waals surface area (Å²) in [5.41, 5.74) is 2.09. The molecule has 1 saturated carbocycles. The molecule has 0 N–H and O–H groups in total. The molecule has 3 unspecified atom stereocenters. The lowest BCUT2D eigenvalue weighted by molar-refractivity contribution is -0.122. The molecule has 7 heteroatoms. The number of anilines is 1. The predicted molar refractivity (Wildman–Crippen MR) is 137 cm³/mol. The maximum Gasteiger partial charge on any atom is 0.338 e. The highest BCUT2D eigenvalue weighted by atomic mass is 16.5. The zero-order valence-electron chi connectivity index (χ0n) is 20.5. The fourth-order valence-electron chi connectivity index (χ4n) is 5.31. The lowest BCUT2D eigenvalue weighted by Gasteiger charge is -2.28. The van der Waals surface area contributed by atoms with Crippen LogP contribution in [0, 0.1) is 11.8 Å². The van der Waals surface area contributed by atoms with Crippen molar-refractivity contribution >= 4 is 29.3 Å². The van der Waals surface area contributed by atoms with Crippen LogP contribution in [0.4, 0.5) is 5.69 Å². The number of Topliss-reactive ketones (excluding diaryl/α,β-unsaturated/α-hetero) is 1. The van der Waals surface area contributed by atoms with Gasteiger partial charge in [0.05, 0.1) is 30.2 Å². The Kier molecular flexibility index (Phi) is 6.86. The zero-order valence-corrected chi connectivity index (χ0v) is 20.5. The molecule has 2 fully saturated rings. The maximum absolute atomic E-state index is 13.4. The standard InChI is InChI=1S/C30H27NO6/c1-36-24-13-10-20(11-14-24)27(32)18-37-30(35)22-8-5-9-23(16-22)31-28(33)25-15-12-21(17-26(25)29(31)34)19-6-3-2-4-7-19/h2-11,13-14,16,21,25-26H,12,15,17-18H2,1H3. The Bertz CT molecular complexity index is 1330. The summed E-state index contributed by atoms with van der Waals surface area (Å²) in [4.78, 5) is 52.9. The van der Waals surface area contributed by atoms with E-state index in [0.29, 0.717) is 29.8 Å². The summed E-state index contributed by atoms with van der Waals surface area (Å²) in [5, 5.41) is 0. The van der Waals surface area contributed by atoms with Gasteiger partial charge in [-0.2, -0.15) is 0 Å². The van der Waals surface area contributed by atoms with Crippen LogP contribution < -0.4 is 9.64 Å². The molecule has 5 rings (SSSR count). The van der Waals surface area contributed by atoms with Gasteiger partial charge in [0, 0.05) is 5.56 Å². The van der Waals surface area contributed by atoms with Crippen LogP contribution in [-0.2, 0) is 14.3 Å². The van der Waals surface area contributed by atoms with E-state index in [4.69, 9.17) is 9.47 Å². The molecule has 1 heterocycles. The maximum atomic E-state index is 13.4. The number of ketones is 1. The molecule has 1 saturated heterocycles. The van der Waals surface area contributed by atoms with E-state index in [1.54, 1.807) is 36.4 Å². The first kappa shape index (κ1) is 24.4. The van der Waals surface area contributed by atoms with Gasteiger partial charge in [0.1, 0.15) is 5.75 Å². The number of fused-ring (bicyclic) bond motifs is 1. The van der Waals surface area contributed by atoms with Crippen LogP contribution in [0.1, 0.15) is 51.5 Å². The summed E-state index contributed by atoms with van der Waals surface area (Å²) >= 11 is 0. The van der Waals surface area contributed by atoms with Crippen LogP contribution in [0.5, 0.6) is 5.75 Å². The predicted octanol–water partition coefficient (Wildman–Crippen LogP) is 4.81. The third-order valence-electron chi connectivity index (χ3n) is 7.28. The van der Waals surface area contributed by atoms with Crippen LogP contribution in [0.15, 0.2) is 78.9 Å². The number of imide groups is 1. The Morgan fingerprint density at radius 3 is 2.30 bits per heavy atom. The van der Waals surface area contributed by atoms with Crippen LogP contribution >= 0.6 is 0 Å². The summed E-state index contributed by atoms with van der Waals surface area (Å²) in [7, 11) is 1.53. The van der Waals surface area contributed by atoms with Crippen molar-refractivity contribution in [3.8, 4) is 5.75 Å². The van der Waals surface area contributed by atoms with Crippen LogP contribution in [0.25, 0.3) is 0 Å². The lowest BCUT2D eigenvalue weighted by atomic mass is 9.73. The average molecular weight is 498 g/mol. The molecule has 0 spiro atoms. The topological polar surface area (TPSA) is 90.0 Å². The molecule has 0 bridgehead atoms. The Labute approximate surface area is 215 Å². The molecule has 1 aliphatic heterocycles. The molecule has 0 aromatic heterocycles. The molecule has 188 valence electrons. The highest BCUT2D eigenvalue weighted by Crippen LogP contribution is 2.45. The highest BCUT2D eigenvalue weighted by Gasteiger charge is 2.50. The Morgan fingerprint density at radius 2 is 1.57 bits per heavy atom. The van der Waals surface area contributed by atoms with Gasteiger partial charge in [0.25, 0.3) is 0 Å². The van der Waals surface area contributed by atoms with E-state index in [0.717, 1.165) is 6.42 Å². The normalized spacial score (nSPS) is 20.9. The molecule has 3 atom stereocenters. The van der Waals surface area contributed by atoms with Crippen LogP contribution in [-0.4, -0.2) is 37.3 Å². The van der Waals surface area contributed by atoms with E-state index < -0.39 is 12.6 Å². The number of benzene rings is 3. The Hall–Kier alpha value is -4.26. The number of rotatable bonds is 7. The van der Waals surface area contributed by atoms with Gasteiger partial charge in [-0.3, -0.25) is 19.3 Å². The summed E-state index contributed by atoms with van der Waals surface area (Å²) < 4.78 is 10.3. The Balaban J connectivity index is 1.26. The monoisotopic (exact) mass is 497 g/mol. The van der Waals surface area contributed by atoms with Crippen LogP contribution in [0.2, 0.25) is 0 Å². The minimum Gasteiger partial charge on any atom is -0.497 e. The molecule has 7 nitrogen and oxygen atoms in total. The van der Waals surface area contributed by atoms with Crippen molar-refractivity contribution in [1.29, 1.82) is 0 Å². The first-order valence-corrected chi connectivity index (χ1v) is 12.3. The van der Waals surface area contributed by atoms with Gasteiger partial charge < -0.3 is 9.47 Å². The third-order valence-corrected chi connectivity index (χ3v) is 7.28. The summed E-state index contributed by atoms with van der Waals surface area (Å²) in [6.07, 6.45) is 2.14. The third kappa shape index (κ3) is 4.89. The van der Waals surface area contributed by atoms with Gasteiger partial charge in [0.2, 0.25) is 11.8 Å². The van der Waals surface area contributed by atoms with Crippen molar-refractivity contribution in [1.82, 2.24) is 0 Å². The number of ether oxygens (including phenoxy) is 2. The molecular weight excluding hydrogens is 470 g/mol. The first-order valence-electron chi connectivity index (χ1n) is 12.3. The van der Waals surface area contributed by atoms with E-state index in [9.17, 15) is 19.2 Å². The van der Waals surface area contributed by atoms with E-state index in [-0.39, 0.29) is 40.9 Å². The molecule has 2 amide bonds. The lowest BCUT2D eigenvalue weighted by Crippen LogP contribution is -2.31. The minimum absolute atomic E-state index is 0.165. The molecule has 3 aromatic rings. The molecular formula is C30H27NO6. The highest BCUT2D eigenvalue weighted by molar-refractivity contribution is 6.22. The summed E-state index contributed by atoms with van der Waals surface area (Å²) in [6.45, 7) is -0.429. The van der Waals surface area contributed by atoms with Gasteiger partial charge in [0.15, 0.2) is 12.4 Å². The SMILES string of the molecule is COc1ccc(C(=O)COC(=O)c2cccc(N3C(=O)C4CCC(c5ccccc5)CC4C3=O)c2)cc1.